The Morgan fingerprint density at radius 1 is 0.941 bits per heavy atom. The summed E-state index contributed by atoms with van der Waals surface area (Å²) in [6.45, 7) is 5.83. The van der Waals surface area contributed by atoms with Gasteiger partial charge in [0.1, 0.15) is 17.4 Å². The minimum atomic E-state index is -0.435. The molecule has 4 aromatic rings. The normalized spacial score (nSPS) is 14.4. The molecule has 174 valence electrons. The lowest BCUT2D eigenvalue weighted by Crippen LogP contribution is -2.44. The molecule has 0 atom stereocenters. The Kier molecular flexibility index (Phi) is 5.93. The highest BCUT2D eigenvalue weighted by Crippen LogP contribution is 2.32. The summed E-state index contributed by atoms with van der Waals surface area (Å²) in [5, 5.41) is 4.52. The van der Waals surface area contributed by atoms with Crippen molar-refractivity contribution in [1.29, 1.82) is 0 Å². The number of hydrogen-bond acceptors (Lipinski definition) is 7. The quantitative estimate of drug-likeness (QED) is 0.452. The number of benzene rings is 1. The van der Waals surface area contributed by atoms with Crippen molar-refractivity contribution in [2.24, 2.45) is 0 Å². The van der Waals surface area contributed by atoms with Crippen LogP contribution in [0.5, 0.6) is 5.75 Å². The van der Waals surface area contributed by atoms with Crippen molar-refractivity contribution >= 4 is 5.82 Å². The van der Waals surface area contributed by atoms with E-state index in [0.29, 0.717) is 11.4 Å². The Labute approximate surface area is 197 Å². The van der Waals surface area contributed by atoms with Crippen molar-refractivity contribution in [3.8, 4) is 34.2 Å². The summed E-state index contributed by atoms with van der Waals surface area (Å²) >= 11 is 0. The molecule has 5 rings (SSSR count). The van der Waals surface area contributed by atoms with Gasteiger partial charge in [-0.2, -0.15) is 5.10 Å². The van der Waals surface area contributed by atoms with Gasteiger partial charge in [0.2, 0.25) is 0 Å². The van der Waals surface area contributed by atoms with E-state index >= 15 is 0 Å². The first-order chi connectivity index (χ1) is 16.5. The fraction of sp³-hybridized carbons (Fsp3) is 0.280. The molecule has 1 aliphatic rings. The van der Waals surface area contributed by atoms with Gasteiger partial charge < -0.3 is 14.5 Å². The molecule has 0 spiro atoms. The van der Waals surface area contributed by atoms with E-state index in [0.717, 1.165) is 48.9 Å². The van der Waals surface area contributed by atoms with Crippen LogP contribution in [0, 0.1) is 12.7 Å². The first-order valence-corrected chi connectivity index (χ1v) is 11.2. The number of likely N-dealkylation sites (N-methyl/N-ethyl adjacent to an activating group) is 1. The van der Waals surface area contributed by atoms with E-state index in [2.05, 4.69) is 31.9 Å². The molecule has 1 aliphatic heterocycles. The molecule has 0 unspecified atom stereocenters. The maximum absolute atomic E-state index is 14.6. The minimum Gasteiger partial charge on any atom is -0.496 e. The zero-order valence-electron chi connectivity index (χ0n) is 19.4. The number of methoxy groups -OCH3 is 1. The largest absolute Gasteiger partial charge is 0.496 e. The standard InChI is InChI=1S/C25H26FN7O/c1-17-14-27-25(23-19(26)6-4-7-20(23)34-3)30-24(17)18-15-28-33(16-18)22-9-5-8-21(29-22)32-12-10-31(2)11-13-32/h4-9,14-16H,10-13H2,1-3H3. The Bertz CT molecular complexity index is 1310. The molecule has 4 heterocycles. The summed E-state index contributed by atoms with van der Waals surface area (Å²) in [7, 11) is 3.63. The van der Waals surface area contributed by atoms with Crippen LogP contribution in [0.4, 0.5) is 10.2 Å². The third-order valence-electron chi connectivity index (χ3n) is 6.03. The molecule has 3 aromatic heterocycles. The van der Waals surface area contributed by atoms with Gasteiger partial charge >= 0.3 is 0 Å². The number of halogens is 1. The fourth-order valence-electron chi connectivity index (χ4n) is 4.07. The lowest BCUT2D eigenvalue weighted by Gasteiger charge is -2.33. The van der Waals surface area contributed by atoms with Crippen LogP contribution >= 0.6 is 0 Å². The van der Waals surface area contributed by atoms with Crippen LogP contribution in [0.2, 0.25) is 0 Å². The van der Waals surface area contributed by atoms with E-state index in [1.54, 1.807) is 29.2 Å². The Hall–Kier alpha value is -3.85. The van der Waals surface area contributed by atoms with Gasteiger partial charge in [-0.1, -0.05) is 12.1 Å². The third kappa shape index (κ3) is 4.22. The molecular weight excluding hydrogens is 433 g/mol. The van der Waals surface area contributed by atoms with Gasteiger partial charge in [-0.15, -0.1) is 0 Å². The lowest BCUT2D eigenvalue weighted by molar-refractivity contribution is 0.312. The summed E-state index contributed by atoms with van der Waals surface area (Å²) in [6.07, 6.45) is 5.31. The molecule has 34 heavy (non-hydrogen) atoms. The van der Waals surface area contributed by atoms with Gasteiger partial charge in [0, 0.05) is 44.1 Å². The summed E-state index contributed by atoms with van der Waals surface area (Å²) < 4.78 is 21.7. The van der Waals surface area contributed by atoms with Crippen molar-refractivity contribution in [3.05, 3.63) is 66.4 Å². The van der Waals surface area contributed by atoms with Gasteiger partial charge in [-0.25, -0.2) is 24.0 Å². The second-order valence-electron chi connectivity index (χ2n) is 8.36. The van der Waals surface area contributed by atoms with E-state index < -0.39 is 5.82 Å². The molecule has 0 aliphatic carbocycles. The van der Waals surface area contributed by atoms with E-state index in [1.165, 1.54) is 13.2 Å². The van der Waals surface area contributed by atoms with Crippen molar-refractivity contribution in [2.75, 3.05) is 45.2 Å². The highest BCUT2D eigenvalue weighted by atomic mass is 19.1. The van der Waals surface area contributed by atoms with Gasteiger partial charge in [0.15, 0.2) is 11.6 Å². The number of piperazine rings is 1. The van der Waals surface area contributed by atoms with Crippen LogP contribution < -0.4 is 9.64 Å². The van der Waals surface area contributed by atoms with Crippen molar-refractivity contribution < 1.29 is 9.13 Å². The van der Waals surface area contributed by atoms with Crippen molar-refractivity contribution in [3.63, 3.8) is 0 Å². The molecule has 9 heteroatoms. The smallest absolute Gasteiger partial charge is 0.166 e. The first-order valence-electron chi connectivity index (χ1n) is 11.2. The topological polar surface area (TPSA) is 72.2 Å². The molecule has 0 N–H and O–H groups in total. The Morgan fingerprint density at radius 3 is 2.50 bits per heavy atom. The summed E-state index contributed by atoms with van der Waals surface area (Å²) in [5.41, 5.74) is 2.57. The van der Waals surface area contributed by atoms with Gasteiger partial charge in [0.25, 0.3) is 0 Å². The number of aryl methyl sites for hydroxylation is 1. The van der Waals surface area contributed by atoms with E-state index in [4.69, 9.17) is 9.72 Å². The van der Waals surface area contributed by atoms with Crippen molar-refractivity contribution in [2.45, 2.75) is 6.92 Å². The summed E-state index contributed by atoms with van der Waals surface area (Å²) in [4.78, 5) is 18.5. The van der Waals surface area contributed by atoms with E-state index in [-0.39, 0.29) is 11.4 Å². The lowest BCUT2D eigenvalue weighted by atomic mass is 10.1. The number of aromatic nitrogens is 5. The van der Waals surface area contributed by atoms with Gasteiger partial charge in [-0.05, 0) is 43.8 Å². The zero-order chi connectivity index (χ0) is 23.7. The zero-order valence-corrected chi connectivity index (χ0v) is 19.4. The number of rotatable bonds is 5. The molecule has 1 aromatic carbocycles. The molecule has 0 saturated carbocycles. The Morgan fingerprint density at radius 2 is 1.71 bits per heavy atom. The number of hydrogen-bond donors (Lipinski definition) is 0. The van der Waals surface area contributed by atoms with Crippen LogP contribution in [0.25, 0.3) is 28.5 Å². The molecule has 1 fully saturated rings. The molecule has 8 nitrogen and oxygen atoms in total. The number of ether oxygens (including phenoxy) is 1. The van der Waals surface area contributed by atoms with Gasteiger partial charge in [0.05, 0.1) is 24.6 Å². The molecule has 0 radical (unpaired) electrons. The number of anilines is 1. The number of pyridine rings is 1. The van der Waals surface area contributed by atoms with Crippen molar-refractivity contribution in [1.82, 2.24) is 29.6 Å². The molecule has 0 amide bonds. The van der Waals surface area contributed by atoms with E-state index in [1.807, 2.05) is 31.3 Å². The van der Waals surface area contributed by atoms with Crippen LogP contribution in [-0.2, 0) is 0 Å². The maximum atomic E-state index is 14.6. The highest BCUT2D eigenvalue weighted by molar-refractivity contribution is 5.69. The second kappa shape index (κ2) is 9.18. The van der Waals surface area contributed by atoms with Gasteiger partial charge in [-0.3, -0.25) is 0 Å². The fourth-order valence-corrected chi connectivity index (χ4v) is 4.07. The van der Waals surface area contributed by atoms with E-state index in [9.17, 15) is 4.39 Å². The average Bonchev–Trinajstić information content (AvgIpc) is 3.35. The predicted octanol–water partition coefficient (Wildman–Crippen LogP) is 3.60. The van der Waals surface area contributed by atoms with Crippen LogP contribution in [0.15, 0.2) is 55.0 Å². The average molecular weight is 460 g/mol. The maximum Gasteiger partial charge on any atom is 0.166 e. The first kappa shape index (κ1) is 22.0. The third-order valence-corrected chi connectivity index (χ3v) is 6.03. The van der Waals surface area contributed by atoms with Crippen LogP contribution in [0.1, 0.15) is 5.56 Å². The summed E-state index contributed by atoms with van der Waals surface area (Å²) in [6, 6.07) is 10.6. The Balaban J connectivity index is 1.47. The molecule has 1 saturated heterocycles. The number of nitrogens with zero attached hydrogens (tertiary/aromatic N) is 7. The second-order valence-corrected chi connectivity index (χ2v) is 8.36. The summed E-state index contributed by atoms with van der Waals surface area (Å²) in [5.74, 6) is 1.88. The minimum absolute atomic E-state index is 0.236. The monoisotopic (exact) mass is 459 g/mol. The predicted molar refractivity (Wildman–Crippen MR) is 129 cm³/mol. The molecular formula is C25H26FN7O. The van der Waals surface area contributed by atoms with Crippen LogP contribution in [0.3, 0.4) is 0 Å². The SMILES string of the molecule is COc1cccc(F)c1-c1ncc(C)c(-c2cnn(-c3cccc(N4CCN(C)CC4)n3)c2)n1. The highest BCUT2D eigenvalue weighted by Gasteiger charge is 2.18. The van der Waals surface area contributed by atoms with Crippen LogP contribution in [-0.4, -0.2) is 70.0 Å². The molecule has 0 bridgehead atoms.